The minimum atomic E-state index is -4.69. The second kappa shape index (κ2) is 11.1. The number of nitrogens with zero attached hydrogens (tertiary/aromatic N) is 4. The minimum Gasteiger partial charge on any atom is -0.598 e. The second-order valence-corrected chi connectivity index (χ2v) is 15.9. The van der Waals surface area contributed by atoms with Gasteiger partial charge < -0.3 is 18.8 Å². The molecule has 2 aliphatic rings. The number of benzene rings is 2. The summed E-state index contributed by atoms with van der Waals surface area (Å²) in [7, 11) is 3.53. The normalized spacial score (nSPS) is 22.1. The van der Waals surface area contributed by atoms with Crippen molar-refractivity contribution in [3.05, 3.63) is 76.4 Å². The zero-order valence-corrected chi connectivity index (χ0v) is 27.2. The van der Waals surface area contributed by atoms with Gasteiger partial charge in [-0.05, 0) is 80.0 Å². The summed E-state index contributed by atoms with van der Waals surface area (Å²) in [6.07, 6.45) is -1.72. The highest BCUT2D eigenvalue weighted by molar-refractivity contribution is 7.90. The fraction of sp³-hybridized carbons (Fsp3) is 0.531. The number of anilines is 1. The number of nitrogens with one attached hydrogen (secondary N) is 1. The predicted octanol–water partition coefficient (Wildman–Crippen LogP) is 6.23. The van der Waals surface area contributed by atoms with Crippen LogP contribution < -0.4 is 9.62 Å². The molecule has 1 saturated carbocycles. The third-order valence-electron chi connectivity index (χ3n) is 8.69. The molecule has 1 amide bonds. The van der Waals surface area contributed by atoms with Crippen molar-refractivity contribution in [1.82, 2.24) is 19.5 Å². The molecule has 44 heavy (non-hydrogen) atoms. The van der Waals surface area contributed by atoms with Crippen molar-refractivity contribution in [2.24, 2.45) is 12.5 Å². The van der Waals surface area contributed by atoms with Gasteiger partial charge in [0.05, 0.1) is 29.7 Å². The molecule has 1 aromatic heterocycles. The molecule has 5 rings (SSSR count). The molecule has 2 heterocycles. The Morgan fingerprint density at radius 1 is 1.11 bits per heavy atom. The number of aromatic nitrogens is 3. The molecule has 238 valence electrons. The van der Waals surface area contributed by atoms with Crippen molar-refractivity contribution in [3.8, 4) is 0 Å². The molecule has 2 atom stereocenters. The number of hydrogen-bond acceptors (Lipinski definition) is 6. The Kier molecular flexibility index (Phi) is 8.23. The average molecular weight is 632 g/mol. The average Bonchev–Trinajstić information content (AvgIpc) is 3.48. The van der Waals surface area contributed by atoms with Crippen LogP contribution in [-0.2, 0) is 41.3 Å². The van der Waals surface area contributed by atoms with Gasteiger partial charge in [0, 0.05) is 36.8 Å². The Balaban J connectivity index is 1.56. The highest BCUT2D eigenvalue weighted by Crippen LogP contribution is 2.50. The number of carbonyl (C=O) groups is 1. The van der Waals surface area contributed by atoms with E-state index in [0.717, 1.165) is 17.5 Å². The zero-order valence-electron chi connectivity index (χ0n) is 26.4. The van der Waals surface area contributed by atoms with Gasteiger partial charge in [0.25, 0.3) is 5.91 Å². The van der Waals surface area contributed by atoms with E-state index in [2.05, 4.69) is 14.9 Å². The first-order chi connectivity index (χ1) is 20.4. The summed E-state index contributed by atoms with van der Waals surface area (Å²) >= 11 is -1.56. The standard InChI is InChI=1S/C32H40F3N5O3S/c1-29(2,3)26(38-44(42)30(4,5)6)19-12-23-24(25(13-19)32(33,34)35)17-40(27(23)41)21-11-9-10-20(14-21)31(15-22(16-31)43-8)28-37-36-18-39(28)7/h9-14,18,22,26,38H,15-17H2,1-8H3/t22?,26-,31?,44-/m1/s1. The van der Waals surface area contributed by atoms with E-state index in [1.165, 1.54) is 11.0 Å². The van der Waals surface area contributed by atoms with Gasteiger partial charge >= 0.3 is 6.18 Å². The van der Waals surface area contributed by atoms with E-state index < -0.39 is 50.6 Å². The third kappa shape index (κ3) is 5.77. The van der Waals surface area contributed by atoms with Crippen LogP contribution in [0, 0.1) is 5.41 Å². The van der Waals surface area contributed by atoms with E-state index in [0.29, 0.717) is 18.5 Å². The molecule has 12 heteroatoms. The first-order valence-electron chi connectivity index (χ1n) is 14.6. The molecule has 1 fully saturated rings. The lowest BCUT2D eigenvalue weighted by Crippen LogP contribution is -2.48. The molecule has 1 aliphatic carbocycles. The van der Waals surface area contributed by atoms with Gasteiger partial charge in [0.2, 0.25) is 0 Å². The predicted molar refractivity (Wildman–Crippen MR) is 163 cm³/mol. The Hall–Kier alpha value is -2.93. The van der Waals surface area contributed by atoms with Crippen LogP contribution in [-0.4, -0.2) is 43.2 Å². The molecular formula is C32H40F3N5O3S. The molecule has 0 radical (unpaired) electrons. The van der Waals surface area contributed by atoms with Crippen LogP contribution in [0.2, 0.25) is 0 Å². The van der Waals surface area contributed by atoms with Crippen LogP contribution in [0.15, 0.2) is 42.7 Å². The fourth-order valence-corrected chi connectivity index (χ4v) is 7.26. The summed E-state index contributed by atoms with van der Waals surface area (Å²) < 4.78 is 66.7. The molecule has 8 nitrogen and oxygen atoms in total. The number of rotatable bonds is 7. The lowest BCUT2D eigenvalue weighted by Gasteiger charge is -2.46. The quantitative estimate of drug-likeness (QED) is 0.311. The summed E-state index contributed by atoms with van der Waals surface area (Å²) in [5, 5.41) is 8.44. The molecule has 0 unspecified atom stereocenters. The topological polar surface area (TPSA) is 95.3 Å². The monoisotopic (exact) mass is 631 g/mol. The first-order valence-corrected chi connectivity index (χ1v) is 15.7. The van der Waals surface area contributed by atoms with Gasteiger partial charge in [-0.3, -0.25) is 4.79 Å². The van der Waals surface area contributed by atoms with Crippen LogP contribution >= 0.6 is 0 Å². The third-order valence-corrected chi connectivity index (χ3v) is 10.2. The van der Waals surface area contributed by atoms with Gasteiger partial charge in [-0.25, -0.2) is 0 Å². The summed E-state index contributed by atoms with van der Waals surface area (Å²) in [6.45, 7) is 10.8. The zero-order chi connectivity index (χ0) is 32.4. The number of carbonyl (C=O) groups excluding carboxylic acids is 1. The molecule has 0 spiro atoms. The maximum atomic E-state index is 14.6. The number of ether oxygens (including phenoxy) is 1. The van der Waals surface area contributed by atoms with E-state index >= 15 is 0 Å². The van der Waals surface area contributed by atoms with Crippen LogP contribution in [0.4, 0.5) is 18.9 Å². The summed E-state index contributed by atoms with van der Waals surface area (Å²) in [5.74, 6) is 0.251. The van der Waals surface area contributed by atoms with Gasteiger partial charge in [-0.15, -0.1) is 14.9 Å². The van der Waals surface area contributed by atoms with Crippen molar-refractivity contribution >= 4 is 23.0 Å². The number of methoxy groups -OCH3 is 1. The van der Waals surface area contributed by atoms with Crippen molar-refractivity contribution in [2.75, 3.05) is 12.0 Å². The largest absolute Gasteiger partial charge is 0.598 e. The molecule has 0 bridgehead atoms. The SMILES string of the molecule is COC1CC(c2cccc(N3Cc4c(cc([C@@H](N[S@+]([O-])C(C)(C)C)C(C)(C)C)cc4C(F)(F)F)C3=O)c2)(c2nncn2C)C1. The molecule has 0 saturated heterocycles. The Bertz CT molecular complexity index is 1550. The number of hydrogen-bond donors (Lipinski definition) is 1. The maximum absolute atomic E-state index is 14.6. The number of fused-ring (bicyclic) bond motifs is 1. The van der Waals surface area contributed by atoms with Crippen LogP contribution in [0.1, 0.15) is 98.9 Å². The highest BCUT2D eigenvalue weighted by Gasteiger charge is 2.51. The highest BCUT2D eigenvalue weighted by atomic mass is 32.2. The molecule has 1 N–H and O–H groups in total. The van der Waals surface area contributed by atoms with Crippen molar-refractivity contribution in [3.63, 3.8) is 0 Å². The van der Waals surface area contributed by atoms with Gasteiger partial charge in [0.1, 0.15) is 16.9 Å². The lowest BCUT2D eigenvalue weighted by molar-refractivity contribution is -0.138. The minimum absolute atomic E-state index is 0.00363. The van der Waals surface area contributed by atoms with Crippen molar-refractivity contribution in [2.45, 2.75) is 89.4 Å². The van der Waals surface area contributed by atoms with Crippen LogP contribution in [0.3, 0.4) is 0 Å². The number of aryl methyl sites for hydroxylation is 1. The smallest absolute Gasteiger partial charge is 0.416 e. The van der Waals surface area contributed by atoms with E-state index in [-0.39, 0.29) is 29.3 Å². The van der Waals surface area contributed by atoms with E-state index in [4.69, 9.17) is 4.74 Å². The number of amides is 1. The molecule has 2 aromatic carbocycles. The summed E-state index contributed by atoms with van der Waals surface area (Å²) in [5.41, 5.74) is -0.364. The first kappa shape index (κ1) is 32.5. The van der Waals surface area contributed by atoms with Gasteiger partial charge in [-0.2, -0.15) is 13.2 Å². The molecule has 3 aromatic rings. The Labute approximate surface area is 259 Å². The lowest BCUT2D eigenvalue weighted by atomic mass is 9.62. The second-order valence-electron chi connectivity index (χ2n) is 13.9. The van der Waals surface area contributed by atoms with E-state index in [1.54, 1.807) is 40.3 Å². The molecule has 1 aliphatic heterocycles. The maximum Gasteiger partial charge on any atom is 0.416 e. The molecular weight excluding hydrogens is 591 g/mol. The van der Waals surface area contributed by atoms with Crippen LogP contribution in [0.25, 0.3) is 0 Å². The van der Waals surface area contributed by atoms with Crippen molar-refractivity contribution < 1.29 is 27.3 Å². The van der Waals surface area contributed by atoms with E-state index in [9.17, 15) is 22.5 Å². The summed E-state index contributed by atoms with van der Waals surface area (Å²) in [6, 6.07) is 9.31. The van der Waals surface area contributed by atoms with Gasteiger partial charge in [0.15, 0.2) is 0 Å². The number of halogens is 3. The fourth-order valence-electron chi connectivity index (χ4n) is 6.21. The van der Waals surface area contributed by atoms with Crippen LogP contribution in [0.5, 0.6) is 0 Å². The van der Waals surface area contributed by atoms with Gasteiger partial charge in [-0.1, -0.05) is 32.9 Å². The number of alkyl halides is 3. The Morgan fingerprint density at radius 2 is 1.80 bits per heavy atom. The van der Waals surface area contributed by atoms with Crippen molar-refractivity contribution in [1.29, 1.82) is 0 Å². The van der Waals surface area contributed by atoms with E-state index in [1.807, 2.05) is 50.6 Å². The summed E-state index contributed by atoms with van der Waals surface area (Å²) in [4.78, 5) is 15.3. The Morgan fingerprint density at radius 3 is 2.34 bits per heavy atom.